The lowest BCUT2D eigenvalue weighted by Crippen LogP contribution is -2.21. The third kappa shape index (κ3) is 4.89. The van der Waals surface area contributed by atoms with Crippen molar-refractivity contribution in [2.75, 3.05) is 6.54 Å². The number of benzene rings is 1. The van der Waals surface area contributed by atoms with E-state index in [0.29, 0.717) is 6.04 Å². The zero-order valence-electron chi connectivity index (χ0n) is 12.0. The van der Waals surface area contributed by atoms with Gasteiger partial charge in [0.2, 0.25) is 0 Å². The predicted octanol–water partition coefficient (Wildman–Crippen LogP) is 3.98. The van der Waals surface area contributed by atoms with Crippen molar-refractivity contribution >= 4 is 0 Å². The van der Waals surface area contributed by atoms with Crippen LogP contribution in [0.3, 0.4) is 0 Å². The Bertz CT molecular complexity index is 398. The van der Waals surface area contributed by atoms with E-state index in [1.54, 1.807) is 0 Å². The number of nitriles is 1. The average molecular weight is 244 g/mol. The molecule has 18 heavy (non-hydrogen) atoms. The number of hydrogen-bond acceptors (Lipinski definition) is 2. The molecule has 1 aromatic rings. The van der Waals surface area contributed by atoms with Gasteiger partial charge >= 0.3 is 0 Å². The molecular weight excluding hydrogens is 220 g/mol. The van der Waals surface area contributed by atoms with Gasteiger partial charge in [-0.15, -0.1) is 0 Å². The van der Waals surface area contributed by atoms with Crippen LogP contribution in [-0.2, 0) is 0 Å². The van der Waals surface area contributed by atoms with Crippen LogP contribution in [0.5, 0.6) is 0 Å². The van der Waals surface area contributed by atoms with Crippen LogP contribution < -0.4 is 5.32 Å². The van der Waals surface area contributed by atoms with E-state index in [0.717, 1.165) is 19.4 Å². The van der Waals surface area contributed by atoms with Crippen LogP contribution in [0.25, 0.3) is 0 Å². The maximum absolute atomic E-state index is 8.94. The van der Waals surface area contributed by atoms with E-state index in [4.69, 9.17) is 5.26 Å². The normalized spacial score (nSPS) is 13.1. The molecule has 0 saturated carbocycles. The Kier molecular flexibility index (Phi) is 5.37. The molecule has 98 valence electrons. The van der Waals surface area contributed by atoms with Gasteiger partial charge in [-0.25, -0.2) is 0 Å². The van der Waals surface area contributed by atoms with Gasteiger partial charge in [0.05, 0.1) is 11.5 Å². The molecule has 1 rings (SSSR count). The number of hydrogen-bond donors (Lipinski definition) is 1. The van der Waals surface area contributed by atoms with Gasteiger partial charge in [-0.2, -0.15) is 5.26 Å². The summed E-state index contributed by atoms with van der Waals surface area (Å²) in [7, 11) is 0. The molecular formula is C16H24N2. The molecule has 0 aromatic heterocycles. The summed E-state index contributed by atoms with van der Waals surface area (Å²) in [5.74, 6) is 0. The molecule has 0 heterocycles. The minimum absolute atomic E-state index is 0.200. The monoisotopic (exact) mass is 244 g/mol. The van der Waals surface area contributed by atoms with Crippen molar-refractivity contribution in [1.82, 2.24) is 5.32 Å². The first-order chi connectivity index (χ1) is 8.44. The minimum Gasteiger partial charge on any atom is -0.310 e. The van der Waals surface area contributed by atoms with E-state index in [1.165, 1.54) is 11.1 Å². The molecule has 0 amide bonds. The fraction of sp³-hybridized carbons (Fsp3) is 0.562. The Balaban J connectivity index is 2.32. The third-order valence-corrected chi connectivity index (χ3v) is 3.31. The van der Waals surface area contributed by atoms with Crippen LogP contribution in [0.1, 0.15) is 50.8 Å². The summed E-state index contributed by atoms with van der Waals surface area (Å²) >= 11 is 0. The van der Waals surface area contributed by atoms with E-state index in [2.05, 4.69) is 49.5 Å². The van der Waals surface area contributed by atoms with Gasteiger partial charge < -0.3 is 5.32 Å². The lowest BCUT2D eigenvalue weighted by Gasteiger charge is -2.17. The highest BCUT2D eigenvalue weighted by molar-refractivity contribution is 5.23. The van der Waals surface area contributed by atoms with Gasteiger partial charge in [-0.1, -0.05) is 29.8 Å². The molecule has 0 unspecified atom stereocenters. The summed E-state index contributed by atoms with van der Waals surface area (Å²) in [6, 6.07) is 11.3. The predicted molar refractivity (Wildman–Crippen MR) is 76.2 cm³/mol. The van der Waals surface area contributed by atoms with E-state index >= 15 is 0 Å². The van der Waals surface area contributed by atoms with E-state index in [9.17, 15) is 0 Å². The zero-order valence-corrected chi connectivity index (χ0v) is 12.0. The summed E-state index contributed by atoms with van der Waals surface area (Å²) in [6.45, 7) is 9.24. The number of nitrogens with zero attached hydrogens (tertiary/aromatic N) is 1. The molecule has 0 aliphatic rings. The Morgan fingerprint density at radius 3 is 2.44 bits per heavy atom. The highest BCUT2D eigenvalue weighted by Gasteiger charge is 2.15. The van der Waals surface area contributed by atoms with Crippen molar-refractivity contribution < 1.29 is 0 Å². The fourth-order valence-corrected chi connectivity index (χ4v) is 1.88. The SMILES string of the molecule is Cc1ccc([C@H](C)NCCCC(C)(C)C#N)cc1. The van der Waals surface area contributed by atoms with Crippen LogP contribution in [0.2, 0.25) is 0 Å². The first-order valence-corrected chi connectivity index (χ1v) is 6.66. The van der Waals surface area contributed by atoms with Crippen molar-refractivity contribution in [1.29, 1.82) is 5.26 Å². The van der Waals surface area contributed by atoms with E-state index in [1.807, 2.05) is 13.8 Å². The van der Waals surface area contributed by atoms with Gasteiger partial charge in [0.25, 0.3) is 0 Å². The van der Waals surface area contributed by atoms with E-state index in [-0.39, 0.29) is 5.41 Å². The quantitative estimate of drug-likeness (QED) is 0.768. The molecule has 0 aliphatic carbocycles. The smallest absolute Gasteiger partial charge is 0.0683 e. The Morgan fingerprint density at radius 1 is 1.28 bits per heavy atom. The highest BCUT2D eigenvalue weighted by Crippen LogP contribution is 2.20. The maximum Gasteiger partial charge on any atom is 0.0683 e. The summed E-state index contributed by atoms with van der Waals surface area (Å²) in [6.07, 6.45) is 1.98. The molecule has 2 nitrogen and oxygen atoms in total. The second kappa shape index (κ2) is 6.56. The summed E-state index contributed by atoms with van der Waals surface area (Å²) in [4.78, 5) is 0. The largest absolute Gasteiger partial charge is 0.310 e. The maximum atomic E-state index is 8.94. The second-order valence-corrected chi connectivity index (χ2v) is 5.69. The van der Waals surface area contributed by atoms with Crippen LogP contribution in [-0.4, -0.2) is 6.54 Å². The van der Waals surface area contributed by atoms with Gasteiger partial charge in [0.15, 0.2) is 0 Å². The standard InChI is InChI=1S/C16H24N2/c1-13-6-8-15(9-7-13)14(2)18-11-5-10-16(3,4)12-17/h6-9,14,18H,5,10-11H2,1-4H3/t14-/m0/s1. The van der Waals surface area contributed by atoms with Crippen LogP contribution >= 0.6 is 0 Å². The number of rotatable bonds is 6. The zero-order chi connectivity index (χ0) is 13.6. The van der Waals surface area contributed by atoms with Crippen molar-refractivity contribution in [2.24, 2.45) is 5.41 Å². The molecule has 1 aromatic carbocycles. The van der Waals surface area contributed by atoms with Crippen molar-refractivity contribution in [3.8, 4) is 6.07 Å². The molecule has 1 N–H and O–H groups in total. The molecule has 0 aliphatic heterocycles. The fourth-order valence-electron chi connectivity index (χ4n) is 1.88. The van der Waals surface area contributed by atoms with Crippen molar-refractivity contribution in [2.45, 2.75) is 46.6 Å². The molecule has 0 saturated heterocycles. The Labute approximate surface area is 111 Å². The van der Waals surface area contributed by atoms with Crippen LogP contribution in [0.4, 0.5) is 0 Å². The minimum atomic E-state index is -0.200. The van der Waals surface area contributed by atoms with Crippen molar-refractivity contribution in [3.05, 3.63) is 35.4 Å². The first kappa shape index (κ1) is 14.7. The van der Waals surface area contributed by atoms with Crippen molar-refractivity contribution in [3.63, 3.8) is 0 Å². The topological polar surface area (TPSA) is 35.8 Å². The molecule has 0 fully saturated rings. The summed E-state index contributed by atoms with van der Waals surface area (Å²) in [5, 5.41) is 12.4. The van der Waals surface area contributed by atoms with E-state index < -0.39 is 0 Å². The van der Waals surface area contributed by atoms with Crippen LogP contribution in [0.15, 0.2) is 24.3 Å². The van der Waals surface area contributed by atoms with Gasteiger partial charge in [0, 0.05) is 6.04 Å². The Morgan fingerprint density at radius 2 is 1.89 bits per heavy atom. The number of nitrogens with one attached hydrogen (secondary N) is 1. The molecule has 2 heteroatoms. The van der Waals surface area contributed by atoms with Gasteiger partial charge in [-0.05, 0) is 52.6 Å². The van der Waals surface area contributed by atoms with Gasteiger partial charge in [-0.3, -0.25) is 0 Å². The average Bonchev–Trinajstić information content (AvgIpc) is 2.35. The van der Waals surface area contributed by atoms with Gasteiger partial charge in [0.1, 0.15) is 0 Å². The molecule has 0 radical (unpaired) electrons. The highest BCUT2D eigenvalue weighted by atomic mass is 14.9. The summed E-state index contributed by atoms with van der Waals surface area (Å²) < 4.78 is 0. The Hall–Kier alpha value is -1.33. The lowest BCUT2D eigenvalue weighted by atomic mass is 9.90. The molecule has 0 bridgehead atoms. The third-order valence-electron chi connectivity index (χ3n) is 3.31. The first-order valence-electron chi connectivity index (χ1n) is 6.66. The van der Waals surface area contributed by atoms with Crippen LogP contribution in [0, 0.1) is 23.7 Å². The molecule has 0 spiro atoms. The number of aryl methyl sites for hydroxylation is 1. The summed E-state index contributed by atoms with van der Waals surface area (Å²) in [5.41, 5.74) is 2.41. The lowest BCUT2D eigenvalue weighted by molar-refractivity contribution is 0.417. The second-order valence-electron chi connectivity index (χ2n) is 5.69. The molecule has 1 atom stereocenters.